The maximum Gasteiger partial charge on any atom is 0.187 e. The van der Waals surface area contributed by atoms with E-state index in [1.807, 2.05) is 12.1 Å². The van der Waals surface area contributed by atoms with Crippen molar-refractivity contribution in [1.29, 1.82) is 0 Å². The van der Waals surface area contributed by atoms with Crippen LogP contribution in [0.5, 0.6) is 0 Å². The fourth-order valence-electron chi connectivity index (χ4n) is 2.77. The number of nitrogens with zero attached hydrogens (tertiary/aromatic N) is 2. The van der Waals surface area contributed by atoms with E-state index in [4.69, 9.17) is 12.2 Å². The highest BCUT2D eigenvalue weighted by molar-refractivity contribution is 7.80. The van der Waals surface area contributed by atoms with Gasteiger partial charge >= 0.3 is 0 Å². The van der Waals surface area contributed by atoms with E-state index in [-0.39, 0.29) is 5.66 Å². The number of hydrogen-bond acceptors (Lipinski definition) is 2. The molecule has 2 rings (SSSR count). The minimum atomic E-state index is 0.115. The topological polar surface area (TPSA) is 18.5 Å². The lowest BCUT2D eigenvalue weighted by atomic mass is 9.82. The molecule has 1 aliphatic heterocycles. The lowest BCUT2D eigenvalue weighted by Crippen LogP contribution is -2.54. The molecule has 0 aromatic heterocycles. The molecule has 2 aliphatic rings. The van der Waals surface area contributed by atoms with Gasteiger partial charge in [-0.25, -0.2) is 5.43 Å². The normalized spacial score (nSPS) is 38.5. The van der Waals surface area contributed by atoms with Gasteiger partial charge in [0.25, 0.3) is 0 Å². The van der Waals surface area contributed by atoms with Crippen LogP contribution in [0, 0.1) is 5.92 Å². The van der Waals surface area contributed by atoms with Crippen LogP contribution in [-0.2, 0) is 0 Å². The highest BCUT2D eigenvalue weighted by Gasteiger charge is 2.45. The highest BCUT2D eigenvalue weighted by atomic mass is 32.1. The summed E-state index contributed by atoms with van der Waals surface area (Å²) in [6.07, 6.45) is 5.06. The van der Waals surface area contributed by atoms with E-state index in [0.717, 1.165) is 11.0 Å². The Morgan fingerprint density at radius 2 is 2.21 bits per heavy atom. The van der Waals surface area contributed by atoms with Crippen LogP contribution in [0.25, 0.3) is 0 Å². The third kappa shape index (κ3) is 1.41. The quantitative estimate of drug-likeness (QED) is 0.615. The summed E-state index contributed by atoms with van der Waals surface area (Å²) < 4.78 is 0. The van der Waals surface area contributed by atoms with Gasteiger partial charge in [0.2, 0.25) is 0 Å². The summed E-state index contributed by atoms with van der Waals surface area (Å²) in [5.41, 5.74) is 3.63. The number of hydrazine groups is 1. The Morgan fingerprint density at radius 1 is 1.50 bits per heavy atom. The maximum absolute atomic E-state index is 5.35. The van der Waals surface area contributed by atoms with Gasteiger partial charge in [0.1, 0.15) is 5.66 Å². The van der Waals surface area contributed by atoms with Crippen molar-refractivity contribution in [3.63, 3.8) is 0 Å². The van der Waals surface area contributed by atoms with E-state index in [1.165, 1.54) is 25.7 Å². The van der Waals surface area contributed by atoms with Crippen molar-refractivity contribution >= 4 is 17.3 Å². The predicted molar refractivity (Wildman–Crippen MR) is 61.6 cm³/mol. The van der Waals surface area contributed by atoms with Gasteiger partial charge < -0.3 is 4.90 Å². The molecule has 2 unspecified atom stereocenters. The molecular formula is C10H19N3S. The molecule has 2 fully saturated rings. The van der Waals surface area contributed by atoms with Crippen LogP contribution in [-0.4, -0.2) is 34.8 Å². The Balaban J connectivity index is 2.19. The maximum atomic E-state index is 5.35. The average Bonchev–Trinajstić information content (AvgIpc) is 2.31. The predicted octanol–water partition coefficient (Wildman–Crippen LogP) is 1.56. The Hall–Kier alpha value is -0.350. The number of thiocarbonyl (C=S) groups is 1. The molecule has 0 aromatic rings. The first-order chi connectivity index (χ1) is 6.55. The SMILES string of the molecule is CC1CCCC2(C1)NN(C)C(=S)N2C. The average molecular weight is 213 g/mol. The molecule has 1 spiro atoms. The molecular weight excluding hydrogens is 194 g/mol. The first kappa shape index (κ1) is 10.2. The van der Waals surface area contributed by atoms with Gasteiger partial charge in [0.15, 0.2) is 5.11 Å². The minimum Gasteiger partial charge on any atom is -0.331 e. The molecule has 3 nitrogen and oxygen atoms in total. The van der Waals surface area contributed by atoms with E-state index in [1.54, 1.807) is 0 Å². The van der Waals surface area contributed by atoms with Gasteiger partial charge in [-0.15, -0.1) is 0 Å². The van der Waals surface area contributed by atoms with Crippen molar-refractivity contribution in [3.05, 3.63) is 0 Å². The second kappa shape index (κ2) is 3.35. The molecule has 4 heteroatoms. The fourth-order valence-corrected chi connectivity index (χ4v) is 2.99. The van der Waals surface area contributed by atoms with Gasteiger partial charge in [0, 0.05) is 14.1 Å². The second-order valence-electron chi connectivity index (χ2n) is 4.75. The minimum absolute atomic E-state index is 0.115. The third-order valence-corrected chi connectivity index (χ3v) is 4.11. The van der Waals surface area contributed by atoms with Gasteiger partial charge in [0.05, 0.1) is 0 Å². The summed E-state index contributed by atoms with van der Waals surface area (Å²) in [5.74, 6) is 0.799. The van der Waals surface area contributed by atoms with E-state index >= 15 is 0 Å². The van der Waals surface area contributed by atoms with Crippen molar-refractivity contribution < 1.29 is 0 Å². The van der Waals surface area contributed by atoms with Crippen molar-refractivity contribution in [1.82, 2.24) is 15.3 Å². The first-order valence-electron chi connectivity index (χ1n) is 5.34. The first-order valence-corrected chi connectivity index (χ1v) is 5.75. The Bertz CT molecular complexity index is 256. The summed E-state index contributed by atoms with van der Waals surface area (Å²) in [6.45, 7) is 2.33. The van der Waals surface area contributed by atoms with Crippen LogP contribution in [0.15, 0.2) is 0 Å². The molecule has 80 valence electrons. The molecule has 1 heterocycles. The second-order valence-corrected chi connectivity index (χ2v) is 5.11. The number of rotatable bonds is 0. The lowest BCUT2D eigenvalue weighted by molar-refractivity contribution is 0.0780. The largest absolute Gasteiger partial charge is 0.331 e. The summed E-state index contributed by atoms with van der Waals surface area (Å²) >= 11 is 5.35. The summed E-state index contributed by atoms with van der Waals surface area (Å²) in [4.78, 5) is 2.23. The van der Waals surface area contributed by atoms with Crippen LogP contribution in [0.2, 0.25) is 0 Å². The van der Waals surface area contributed by atoms with Crippen molar-refractivity contribution in [2.75, 3.05) is 14.1 Å². The zero-order chi connectivity index (χ0) is 10.3. The molecule has 1 aliphatic carbocycles. The summed E-state index contributed by atoms with van der Waals surface area (Å²) in [7, 11) is 4.11. The zero-order valence-corrected chi connectivity index (χ0v) is 10.0. The van der Waals surface area contributed by atoms with E-state index in [0.29, 0.717) is 0 Å². The van der Waals surface area contributed by atoms with Crippen LogP contribution in [0.1, 0.15) is 32.6 Å². The number of nitrogens with one attached hydrogen (secondary N) is 1. The molecule has 14 heavy (non-hydrogen) atoms. The Kier molecular flexibility index (Phi) is 2.43. The molecule has 0 aromatic carbocycles. The lowest BCUT2D eigenvalue weighted by Gasteiger charge is -2.41. The Labute approximate surface area is 91.4 Å². The molecule has 1 saturated carbocycles. The summed E-state index contributed by atoms with van der Waals surface area (Å²) in [5, 5.41) is 2.90. The van der Waals surface area contributed by atoms with Gasteiger partial charge in [-0.05, 0) is 37.4 Å². The molecule has 0 amide bonds. The van der Waals surface area contributed by atoms with Crippen LogP contribution >= 0.6 is 12.2 Å². The molecule has 1 N–H and O–H groups in total. The van der Waals surface area contributed by atoms with Crippen LogP contribution < -0.4 is 5.43 Å². The highest BCUT2D eigenvalue weighted by Crippen LogP contribution is 2.37. The van der Waals surface area contributed by atoms with E-state index in [9.17, 15) is 0 Å². The molecule has 0 bridgehead atoms. The molecule has 0 radical (unpaired) electrons. The van der Waals surface area contributed by atoms with Gasteiger partial charge in [-0.2, -0.15) is 0 Å². The third-order valence-electron chi connectivity index (χ3n) is 3.57. The van der Waals surface area contributed by atoms with Gasteiger partial charge in [-0.3, -0.25) is 5.01 Å². The molecule has 1 saturated heterocycles. The van der Waals surface area contributed by atoms with Crippen molar-refractivity contribution in [3.8, 4) is 0 Å². The van der Waals surface area contributed by atoms with E-state index < -0.39 is 0 Å². The Morgan fingerprint density at radius 3 is 2.71 bits per heavy atom. The van der Waals surface area contributed by atoms with E-state index in [2.05, 4.69) is 24.3 Å². The van der Waals surface area contributed by atoms with Crippen LogP contribution in [0.3, 0.4) is 0 Å². The zero-order valence-electron chi connectivity index (χ0n) is 9.21. The standard InChI is InChI=1S/C10H19N3S/c1-8-5-4-6-10(7-8)11-13(3)9(14)12(10)2/h8,11H,4-7H2,1-3H3. The number of hydrogen-bond donors (Lipinski definition) is 1. The smallest absolute Gasteiger partial charge is 0.187 e. The fraction of sp³-hybridized carbons (Fsp3) is 0.900. The summed E-state index contributed by atoms with van der Waals surface area (Å²) in [6, 6.07) is 0. The molecule has 2 atom stereocenters. The van der Waals surface area contributed by atoms with Crippen molar-refractivity contribution in [2.24, 2.45) is 5.92 Å². The van der Waals surface area contributed by atoms with Gasteiger partial charge in [-0.1, -0.05) is 13.3 Å². The van der Waals surface area contributed by atoms with Crippen molar-refractivity contribution in [2.45, 2.75) is 38.3 Å². The monoisotopic (exact) mass is 213 g/mol. The van der Waals surface area contributed by atoms with Crippen LogP contribution in [0.4, 0.5) is 0 Å².